The maximum atomic E-state index is 13.7. The molecule has 98 valence electrons. The van der Waals surface area contributed by atoms with Crippen LogP contribution in [0.4, 0.5) is 4.39 Å². The Kier molecular flexibility index (Phi) is 4.35. The van der Waals surface area contributed by atoms with Crippen LogP contribution in [0.3, 0.4) is 0 Å². The van der Waals surface area contributed by atoms with Gasteiger partial charge in [0.2, 0.25) is 0 Å². The van der Waals surface area contributed by atoms with Gasteiger partial charge in [-0.1, -0.05) is 22.0 Å². The van der Waals surface area contributed by atoms with Gasteiger partial charge in [-0.05, 0) is 31.5 Å². The molecule has 0 saturated carbocycles. The van der Waals surface area contributed by atoms with Crippen LogP contribution in [0.2, 0.25) is 0 Å². The highest BCUT2D eigenvalue weighted by atomic mass is 79.9. The SMILES string of the molecule is O=C(O)C1CCCN(Cc2ccc(Br)cc2F)C1. The van der Waals surface area contributed by atoms with Crippen molar-refractivity contribution in [3.05, 3.63) is 34.1 Å². The van der Waals surface area contributed by atoms with Crippen molar-refractivity contribution in [3.63, 3.8) is 0 Å². The van der Waals surface area contributed by atoms with E-state index in [0.29, 0.717) is 29.5 Å². The Labute approximate surface area is 114 Å². The minimum atomic E-state index is -0.754. The van der Waals surface area contributed by atoms with Gasteiger partial charge in [-0.25, -0.2) is 4.39 Å². The van der Waals surface area contributed by atoms with Crippen molar-refractivity contribution in [2.24, 2.45) is 5.92 Å². The summed E-state index contributed by atoms with van der Waals surface area (Å²) in [4.78, 5) is 13.0. The summed E-state index contributed by atoms with van der Waals surface area (Å²) in [5.41, 5.74) is 0.615. The van der Waals surface area contributed by atoms with E-state index < -0.39 is 5.97 Å². The molecule has 1 atom stereocenters. The molecule has 0 aliphatic carbocycles. The molecule has 1 aliphatic heterocycles. The van der Waals surface area contributed by atoms with E-state index in [0.717, 1.165) is 13.0 Å². The van der Waals surface area contributed by atoms with Crippen molar-refractivity contribution < 1.29 is 14.3 Å². The number of piperidine rings is 1. The topological polar surface area (TPSA) is 40.5 Å². The highest BCUT2D eigenvalue weighted by Gasteiger charge is 2.25. The summed E-state index contributed by atoms with van der Waals surface area (Å²) in [7, 11) is 0. The van der Waals surface area contributed by atoms with Gasteiger partial charge in [0.15, 0.2) is 0 Å². The molecule has 1 saturated heterocycles. The molecule has 0 radical (unpaired) electrons. The fraction of sp³-hybridized carbons (Fsp3) is 0.462. The lowest BCUT2D eigenvalue weighted by atomic mass is 9.98. The lowest BCUT2D eigenvalue weighted by Gasteiger charge is -2.30. The Morgan fingerprint density at radius 3 is 3.00 bits per heavy atom. The Balaban J connectivity index is 2.02. The van der Waals surface area contributed by atoms with E-state index in [2.05, 4.69) is 15.9 Å². The smallest absolute Gasteiger partial charge is 0.307 e. The Hall–Kier alpha value is -0.940. The molecule has 1 aromatic rings. The minimum Gasteiger partial charge on any atom is -0.481 e. The van der Waals surface area contributed by atoms with Crippen molar-refractivity contribution in [1.29, 1.82) is 0 Å². The third kappa shape index (κ3) is 3.29. The first-order chi connectivity index (χ1) is 8.56. The zero-order chi connectivity index (χ0) is 13.1. The second-order valence-corrected chi connectivity index (χ2v) is 5.56. The van der Waals surface area contributed by atoms with Crippen molar-refractivity contribution >= 4 is 21.9 Å². The Morgan fingerprint density at radius 1 is 1.56 bits per heavy atom. The highest BCUT2D eigenvalue weighted by Crippen LogP contribution is 2.21. The van der Waals surface area contributed by atoms with Crippen molar-refractivity contribution in [1.82, 2.24) is 4.90 Å². The molecule has 5 heteroatoms. The molecule has 0 amide bonds. The predicted octanol–water partition coefficient (Wildman–Crippen LogP) is 2.88. The molecule has 0 spiro atoms. The number of benzene rings is 1. The standard InChI is InChI=1S/C13H15BrFNO2/c14-11-4-3-9(12(15)6-11)7-16-5-1-2-10(8-16)13(17)18/h3-4,6,10H,1-2,5,7-8H2,(H,17,18). The fourth-order valence-electron chi connectivity index (χ4n) is 2.29. The van der Waals surface area contributed by atoms with Crippen LogP contribution in [0.1, 0.15) is 18.4 Å². The van der Waals surface area contributed by atoms with E-state index in [9.17, 15) is 9.18 Å². The average Bonchev–Trinajstić information content (AvgIpc) is 2.33. The second-order valence-electron chi connectivity index (χ2n) is 4.65. The van der Waals surface area contributed by atoms with E-state index in [1.807, 2.05) is 4.90 Å². The Bertz CT molecular complexity index is 453. The van der Waals surface area contributed by atoms with Crippen LogP contribution in [-0.2, 0) is 11.3 Å². The molecule has 1 heterocycles. The molecule has 18 heavy (non-hydrogen) atoms. The molecule has 0 aromatic heterocycles. The first-order valence-corrected chi connectivity index (χ1v) is 6.74. The summed E-state index contributed by atoms with van der Waals surface area (Å²) in [6.07, 6.45) is 1.57. The molecular weight excluding hydrogens is 301 g/mol. The molecule has 0 bridgehead atoms. The van der Waals surface area contributed by atoms with Crippen LogP contribution in [0.25, 0.3) is 0 Å². The second kappa shape index (κ2) is 5.80. The molecule has 1 N–H and O–H groups in total. The van der Waals surface area contributed by atoms with Gasteiger partial charge in [0, 0.05) is 23.1 Å². The number of likely N-dealkylation sites (tertiary alicyclic amines) is 1. The van der Waals surface area contributed by atoms with Crippen molar-refractivity contribution in [2.45, 2.75) is 19.4 Å². The monoisotopic (exact) mass is 315 g/mol. The molecule has 1 aliphatic rings. The lowest BCUT2D eigenvalue weighted by Crippen LogP contribution is -2.38. The predicted molar refractivity (Wildman–Crippen MR) is 69.7 cm³/mol. The normalized spacial score (nSPS) is 20.9. The first-order valence-electron chi connectivity index (χ1n) is 5.95. The summed E-state index contributed by atoms with van der Waals surface area (Å²) in [5, 5.41) is 9.01. The summed E-state index contributed by atoms with van der Waals surface area (Å²) < 4.78 is 14.4. The lowest BCUT2D eigenvalue weighted by molar-refractivity contribution is -0.143. The summed E-state index contributed by atoms with van der Waals surface area (Å²) in [6.45, 7) is 1.81. The average molecular weight is 316 g/mol. The quantitative estimate of drug-likeness (QED) is 0.932. The van der Waals surface area contributed by atoms with Gasteiger partial charge in [0.05, 0.1) is 5.92 Å². The van der Waals surface area contributed by atoms with Gasteiger partial charge >= 0.3 is 5.97 Å². The van der Waals surface area contributed by atoms with Crippen LogP contribution < -0.4 is 0 Å². The van der Waals surface area contributed by atoms with Gasteiger partial charge in [-0.15, -0.1) is 0 Å². The van der Waals surface area contributed by atoms with Gasteiger partial charge < -0.3 is 5.11 Å². The number of carbonyl (C=O) groups is 1. The molecule has 1 fully saturated rings. The minimum absolute atomic E-state index is 0.248. The summed E-state index contributed by atoms with van der Waals surface area (Å²) in [5.74, 6) is -1.32. The fourth-order valence-corrected chi connectivity index (χ4v) is 2.62. The highest BCUT2D eigenvalue weighted by molar-refractivity contribution is 9.10. The number of hydrogen-bond acceptors (Lipinski definition) is 2. The first kappa shape index (κ1) is 13.5. The largest absolute Gasteiger partial charge is 0.481 e. The number of nitrogens with zero attached hydrogens (tertiary/aromatic N) is 1. The zero-order valence-corrected chi connectivity index (χ0v) is 11.5. The van der Waals surface area contributed by atoms with Crippen LogP contribution in [-0.4, -0.2) is 29.1 Å². The van der Waals surface area contributed by atoms with Crippen LogP contribution >= 0.6 is 15.9 Å². The number of aliphatic carboxylic acids is 1. The maximum absolute atomic E-state index is 13.7. The van der Waals surface area contributed by atoms with E-state index in [4.69, 9.17) is 5.11 Å². The Morgan fingerprint density at radius 2 is 2.33 bits per heavy atom. The molecule has 1 unspecified atom stereocenters. The summed E-state index contributed by atoms with van der Waals surface area (Å²) >= 11 is 3.22. The zero-order valence-electron chi connectivity index (χ0n) is 9.90. The third-order valence-corrected chi connectivity index (χ3v) is 3.76. The van der Waals surface area contributed by atoms with Crippen molar-refractivity contribution in [2.75, 3.05) is 13.1 Å². The van der Waals surface area contributed by atoms with Gasteiger partial charge in [0.25, 0.3) is 0 Å². The van der Waals surface area contributed by atoms with Gasteiger partial charge in [-0.3, -0.25) is 9.69 Å². The van der Waals surface area contributed by atoms with Gasteiger partial charge in [-0.2, -0.15) is 0 Å². The van der Waals surface area contributed by atoms with E-state index in [1.165, 1.54) is 6.07 Å². The van der Waals surface area contributed by atoms with Crippen LogP contribution in [0, 0.1) is 11.7 Å². The van der Waals surface area contributed by atoms with E-state index in [-0.39, 0.29) is 11.7 Å². The number of halogens is 2. The third-order valence-electron chi connectivity index (χ3n) is 3.26. The molecule has 1 aromatic carbocycles. The van der Waals surface area contributed by atoms with E-state index >= 15 is 0 Å². The van der Waals surface area contributed by atoms with Gasteiger partial charge in [0.1, 0.15) is 5.82 Å². The van der Waals surface area contributed by atoms with Crippen LogP contribution in [0.5, 0.6) is 0 Å². The molecule has 2 rings (SSSR count). The van der Waals surface area contributed by atoms with Crippen molar-refractivity contribution in [3.8, 4) is 0 Å². The number of carboxylic acid groups (broad SMARTS) is 1. The molecular formula is C13H15BrFNO2. The molecule has 3 nitrogen and oxygen atoms in total. The maximum Gasteiger partial charge on any atom is 0.307 e. The van der Waals surface area contributed by atoms with E-state index in [1.54, 1.807) is 12.1 Å². The number of carboxylic acids is 1. The van der Waals surface area contributed by atoms with Crippen LogP contribution in [0.15, 0.2) is 22.7 Å². The number of hydrogen-bond donors (Lipinski definition) is 1. The number of rotatable bonds is 3. The summed E-state index contributed by atoms with van der Waals surface area (Å²) in [6, 6.07) is 4.98.